The second kappa shape index (κ2) is 6.92. The van der Waals surface area contributed by atoms with Gasteiger partial charge in [-0.05, 0) is 12.1 Å². The van der Waals surface area contributed by atoms with Crippen LogP contribution in [0, 0.1) is 0 Å². The third kappa shape index (κ3) is 3.41. The van der Waals surface area contributed by atoms with Gasteiger partial charge in [0.1, 0.15) is 10.8 Å². The van der Waals surface area contributed by atoms with E-state index in [1.54, 1.807) is 29.6 Å². The summed E-state index contributed by atoms with van der Waals surface area (Å²) in [7, 11) is 0. The number of rotatable bonds is 6. The molecule has 0 bridgehead atoms. The summed E-state index contributed by atoms with van der Waals surface area (Å²) < 4.78 is 10.2. The van der Waals surface area contributed by atoms with Crippen LogP contribution < -0.4 is 10.1 Å². The summed E-state index contributed by atoms with van der Waals surface area (Å²) in [4.78, 5) is 27.4. The van der Waals surface area contributed by atoms with Crippen LogP contribution in [0.15, 0.2) is 46.4 Å². The largest absolute Gasteiger partial charge is 0.484 e. The summed E-state index contributed by atoms with van der Waals surface area (Å²) in [5.74, 6) is -1.58. The molecule has 0 aliphatic heterocycles. The van der Waals surface area contributed by atoms with E-state index in [1.165, 1.54) is 17.5 Å². The number of hydrogen-bond donors (Lipinski definition) is 2. The first kappa shape index (κ1) is 15.7. The molecular formula is C15H11N3O5S. The van der Waals surface area contributed by atoms with Crippen LogP contribution in [0.25, 0.3) is 10.7 Å². The number of nitrogens with zero attached hydrogens (tertiary/aromatic N) is 2. The number of carboxylic acids is 1. The Kier molecular flexibility index (Phi) is 4.52. The van der Waals surface area contributed by atoms with E-state index in [0.29, 0.717) is 10.8 Å². The summed E-state index contributed by atoms with van der Waals surface area (Å²) in [5.41, 5.74) is -0.185. The zero-order chi connectivity index (χ0) is 16.9. The monoisotopic (exact) mass is 345 g/mol. The molecule has 3 aromatic rings. The van der Waals surface area contributed by atoms with Gasteiger partial charge in [-0.15, -0.1) is 11.3 Å². The van der Waals surface area contributed by atoms with Gasteiger partial charge < -0.3 is 14.4 Å². The number of carboxylic acid groups (broad SMARTS) is 1. The molecule has 2 aromatic heterocycles. The number of hydrogen-bond acceptors (Lipinski definition) is 7. The quantitative estimate of drug-likeness (QED) is 0.705. The first-order valence-electron chi connectivity index (χ1n) is 6.75. The van der Waals surface area contributed by atoms with Gasteiger partial charge in [0, 0.05) is 11.6 Å². The molecule has 0 radical (unpaired) electrons. The van der Waals surface area contributed by atoms with Gasteiger partial charge in [0.25, 0.3) is 5.91 Å². The standard InChI is InChI=1S/C15H11N3O5S/c19-10(8-22-9-4-2-1-3-5-9)17-13-11(15(20)21)12(18-23-13)14-16-6-7-24-14/h1-7H,8H2,(H,17,19)(H,20,21). The smallest absolute Gasteiger partial charge is 0.343 e. The Labute approximate surface area is 139 Å². The van der Waals surface area contributed by atoms with E-state index in [-0.39, 0.29) is 23.7 Å². The first-order chi connectivity index (χ1) is 11.6. The fraction of sp³-hybridized carbons (Fsp3) is 0.0667. The zero-order valence-corrected chi connectivity index (χ0v) is 12.9. The third-order valence-electron chi connectivity index (χ3n) is 2.91. The zero-order valence-electron chi connectivity index (χ0n) is 12.1. The molecule has 9 heteroatoms. The maximum absolute atomic E-state index is 11.9. The Morgan fingerprint density at radius 1 is 1.29 bits per heavy atom. The van der Waals surface area contributed by atoms with E-state index < -0.39 is 11.9 Å². The SMILES string of the molecule is O=C(COc1ccccc1)Nc1onc(-c2nccs2)c1C(=O)O. The van der Waals surface area contributed by atoms with Crippen LogP contribution in [0.1, 0.15) is 10.4 Å². The predicted molar refractivity (Wildman–Crippen MR) is 85.1 cm³/mol. The molecule has 0 spiro atoms. The maximum atomic E-state index is 11.9. The minimum atomic E-state index is -1.28. The van der Waals surface area contributed by atoms with Crippen LogP contribution in [0.3, 0.4) is 0 Å². The molecule has 1 aromatic carbocycles. The fourth-order valence-corrected chi connectivity index (χ4v) is 2.51. The second-order valence-electron chi connectivity index (χ2n) is 4.53. The van der Waals surface area contributed by atoms with E-state index in [4.69, 9.17) is 9.26 Å². The van der Waals surface area contributed by atoms with Crippen molar-refractivity contribution < 1.29 is 24.0 Å². The Balaban J connectivity index is 1.73. The number of carbonyl (C=O) groups is 2. The number of para-hydroxylation sites is 1. The molecule has 1 amide bonds. The molecule has 2 heterocycles. The van der Waals surface area contributed by atoms with Gasteiger partial charge in [-0.1, -0.05) is 23.4 Å². The van der Waals surface area contributed by atoms with Crippen LogP contribution in [0.5, 0.6) is 5.75 Å². The van der Waals surface area contributed by atoms with Crippen molar-refractivity contribution in [3.63, 3.8) is 0 Å². The van der Waals surface area contributed by atoms with Crippen LogP contribution in [0.2, 0.25) is 0 Å². The highest BCUT2D eigenvalue weighted by Gasteiger charge is 2.26. The molecular weight excluding hydrogens is 334 g/mol. The molecule has 8 nitrogen and oxygen atoms in total. The lowest BCUT2D eigenvalue weighted by atomic mass is 10.2. The molecule has 0 saturated carbocycles. The number of amides is 1. The fourth-order valence-electron chi connectivity index (χ4n) is 1.89. The molecule has 0 fully saturated rings. The van der Waals surface area contributed by atoms with Crippen molar-refractivity contribution in [1.82, 2.24) is 10.1 Å². The van der Waals surface area contributed by atoms with Crippen molar-refractivity contribution in [2.75, 3.05) is 11.9 Å². The van der Waals surface area contributed by atoms with Gasteiger partial charge in [0.05, 0.1) is 0 Å². The minimum absolute atomic E-state index is 0.0665. The summed E-state index contributed by atoms with van der Waals surface area (Å²) in [5, 5.41) is 17.5. The molecule has 3 rings (SSSR count). The number of nitrogens with one attached hydrogen (secondary N) is 1. The minimum Gasteiger partial charge on any atom is -0.484 e. The molecule has 0 saturated heterocycles. The lowest BCUT2D eigenvalue weighted by molar-refractivity contribution is -0.118. The molecule has 0 aliphatic carbocycles. The van der Waals surface area contributed by atoms with Gasteiger partial charge >= 0.3 is 5.97 Å². The molecule has 0 atom stereocenters. The average Bonchev–Trinajstić information content (AvgIpc) is 3.23. The molecule has 122 valence electrons. The van der Waals surface area contributed by atoms with E-state index in [2.05, 4.69) is 15.5 Å². The number of aromatic carboxylic acids is 1. The summed E-state index contributed by atoms with van der Waals surface area (Å²) in [6.07, 6.45) is 1.52. The van der Waals surface area contributed by atoms with Crippen LogP contribution in [-0.4, -0.2) is 33.7 Å². The number of benzene rings is 1. The molecule has 24 heavy (non-hydrogen) atoms. The Morgan fingerprint density at radius 2 is 2.08 bits per heavy atom. The summed E-state index contributed by atoms with van der Waals surface area (Å²) >= 11 is 1.21. The van der Waals surface area contributed by atoms with Crippen molar-refractivity contribution in [3.05, 3.63) is 47.5 Å². The maximum Gasteiger partial charge on any atom is 0.343 e. The molecule has 0 aliphatic rings. The lowest BCUT2D eigenvalue weighted by Crippen LogP contribution is -2.21. The van der Waals surface area contributed by atoms with Gasteiger partial charge in [-0.2, -0.15) is 0 Å². The van der Waals surface area contributed by atoms with E-state index in [0.717, 1.165) is 0 Å². The van der Waals surface area contributed by atoms with E-state index in [9.17, 15) is 14.7 Å². The first-order valence-corrected chi connectivity index (χ1v) is 7.63. The Hall–Kier alpha value is -3.20. The number of aromatic nitrogens is 2. The lowest BCUT2D eigenvalue weighted by Gasteiger charge is -2.05. The van der Waals surface area contributed by atoms with Crippen molar-refractivity contribution >= 4 is 29.1 Å². The summed E-state index contributed by atoms with van der Waals surface area (Å²) in [6.45, 7) is -0.295. The van der Waals surface area contributed by atoms with Gasteiger partial charge in [0.15, 0.2) is 17.9 Å². The van der Waals surface area contributed by atoms with Crippen LogP contribution >= 0.6 is 11.3 Å². The normalized spacial score (nSPS) is 10.3. The highest BCUT2D eigenvalue weighted by molar-refractivity contribution is 7.13. The Morgan fingerprint density at radius 3 is 2.75 bits per heavy atom. The van der Waals surface area contributed by atoms with Gasteiger partial charge in [0.2, 0.25) is 5.88 Å². The molecule has 2 N–H and O–H groups in total. The summed E-state index contributed by atoms with van der Waals surface area (Å²) in [6, 6.07) is 8.76. The number of ether oxygens (including phenoxy) is 1. The topological polar surface area (TPSA) is 115 Å². The third-order valence-corrected chi connectivity index (χ3v) is 3.69. The molecule has 0 unspecified atom stereocenters. The van der Waals surface area contributed by atoms with Crippen molar-refractivity contribution in [2.24, 2.45) is 0 Å². The highest BCUT2D eigenvalue weighted by Crippen LogP contribution is 2.30. The number of anilines is 1. The number of thiazole rings is 1. The van der Waals surface area contributed by atoms with Crippen molar-refractivity contribution in [2.45, 2.75) is 0 Å². The van der Waals surface area contributed by atoms with E-state index >= 15 is 0 Å². The second-order valence-corrected chi connectivity index (χ2v) is 5.42. The number of carbonyl (C=O) groups excluding carboxylic acids is 1. The van der Waals surface area contributed by atoms with Crippen molar-refractivity contribution in [1.29, 1.82) is 0 Å². The van der Waals surface area contributed by atoms with Crippen molar-refractivity contribution in [3.8, 4) is 16.5 Å². The van der Waals surface area contributed by atoms with E-state index in [1.807, 2.05) is 6.07 Å². The predicted octanol–water partition coefficient (Wildman–Crippen LogP) is 2.51. The van der Waals surface area contributed by atoms with Gasteiger partial charge in [-0.25, -0.2) is 9.78 Å². The Bertz CT molecular complexity index is 845. The van der Waals surface area contributed by atoms with Crippen LogP contribution in [-0.2, 0) is 4.79 Å². The highest BCUT2D eigenvalue weighted by atomic mass is 32.1. The van der Waals surface area contributed by atoms with Crippen LogP contribution in [0.4, 0.5) is 5.88 Å². The average molecular weight is 345 g/mol. The van der Waals surface area contributed by atoms with Gasteiger partial charge in [-0.3, -0.25) is 10.1 Å².